The topological polar surface area (TPSA) is 74.6 Å². The maximum atomic E-state index is 13.7. The molecule has 2 amide bonds. The van der Waals surface area contributed by atoms with E-state index in [0.717, 1.165) is 31.5 Å². The van der Waals surface area contributed by atoms with Gasteiger partial charge in [-0.3, -0.25) is 24.2 Å². The van der Waals surface area contributed by atoms with Gasteiger partial charge in [-0.2, -0.15) is 5.10 Å². The van der Waals surface area contributed by atoms with Crippen LogP contribution in [0.1, 0.15) is 72.3 Å². The summed E-state index contributed by atoms with van der Waals surface area (Å²) in [6.07, 6.45) is 11.3. The second kappa shape index (κ2) is 11.6. The van der Waals surface area contributed by atoms with Crippen LogP contribution < -0.4 is 0 Å². The molecule has 0 N–H and O–H groups in total. The number of nitrogens with zero attached hydrogens (tertiary/aromatic N) is 6. The first-order valence-electron chi connectivity index (χ1n) is 14.5. The highest BCUT2D eigenvalue weighted by molar-refractivity contribution is 5.94. The van der Waals surface area contributed by atoms with Crippen LogP contribution in [-0.4, -0.2) is 86.6 Å². The van der Waals surface area contributed by atoms with Crippen molar-refractivity contribution in [3.63, 3.8) is 0 Å². The Balaban J connectivity index is 1.24. The summed E-state index contributed by atoms with van der Waals surface area (Å²) in [7, 11) is 3.88. The van der Waals surface area contributed by atoms with Gasteiger partial charge in [0.15, 0.2) is 0 Å². The number of pyridine rings is 1. The normalized spacial score (nSPS) is 25.2. The zero-order valence-electron chi connectivity index (χ0n) is 23.6. The van der Waals surface area contributed by atoms with Crippen molar-refractivity contribution in [3.8, 4) is 0 Å². The second-order valence-electron chi connectivity index (χ2n) is 11.7. The van der Waals surface area contributed by atoms with Gasteiger partial charge in [0.05, 0.1) is 11.3 Å². The van der Waals surface area contributed by atoms with Gasteiger partial charge in [0, 0.05) is 63.8 Å². The number of aryl methyl sites for hydroxylation is 2. The third-order valence-electron chi connectivity index (χ3n) is 9.51. The molecule has 3 fully saturated rings. The summed E-state index contributed by atoms with van der Waals surface area (Å²) in [5.41, 5.74) is 4.13. The summed E-state index contributed by atoms with van der Waals surface area (Å²) in [6, 6.07) is 4.51. The van der Waals surface area contributed by atoms with E-state index in [1.54, 1.807) is 12.4 Å². The fraction of sp³-hybridized carbons (Fsp3) is 0.667. The molecular weight excluding hydrogens is 476 g/mol. The number of likely N-dealkylation sites (tertiary alicyclic amines) is 1. The molecule has 38 heavy (non-hydrogen) atoms. The van der Waals surface area contributed by atoms with Crippen LogP contribution in [0.4, 0.5) is 0 Å². The van der Waals surface area contributed by atoms with Crippen molar-refractivity contribution in [1.29, 1.82) is 0 Å². The van der Waals surface area contributed by atoms with E-state index in [4.69, 9.17) is 0 Å². The Morgan fingerprint density at radius 1 is 1.16 bits per heavy atom. The van der Waals surface area contributed by atoms with Crippen molar-refractivity contribution in [2.45, 2.75) is 77.3 Å². The molecule has 3 aliphatic heterocycles. The number of rotatable bonds is 8. The third-order valence-corrected chi connectivity index (χ3v) is 9.51. The van der Waals surface area contributed by atoms with Gasteiger partial charge in [-0.15, -0.1) is 0 Å². The van der Waals surface area contributed by atoms with E-state index in [-0.39, 0.29) is 17.9 Å². The fourth-order valence-electron chi connectivity index (χ4n) is 7.49. The zero-order chi connectivity index (χ0) is 26.8. The number of hydrogen-bond acceptors (Lipinski definition) is 5. The van der Waals surface area contributed by atoms with Crippen LogP contribution in [0, 0.1) is 25.7 Å². The largest absolute Gasteiger partial charge is 0.345 e. The molecule has 0 radical (unpaired) electrons. The monoisotopic (exact) mass is 520 g/mol. The number of aromatic nitrogens is 3. The number of carbonyl (C=O) groups is 2. The minimum absolute atomic E-state index is 0.106. The molecular formula is C30H44N6O2. The average Bonchev–Trinajstić information content (AvgIpc) is 3.18. The Morgan fingerprint density at radius 3 is 2.66 bits per heavy atom. The van der Waals surface area contributed by atoms with E-state index in [1.807, 2.05) is 42.7 Å². The van der Waals surface area contributed by atoms with Crippen LogP contribution in [0.5, 0.6) is 0 Å². The Hall–Kier alpha value is -2.74. The Kier molecular flexibility index (Phi) is 8.17. The lowest BCUT2D eigenvalue weighted by Crippen LogP contribution is -2.65. The number of hydrogen-bond donors (Lipinski definition) is 0. The summed E-state index contributed by atoms with van der Waals surface area (Å²) in [5.74, 6) is 1.34. The summed E-state index contributed by atoms with van der Waals surface area (Å²) in [5, 5.41) is 4.51. The predicted octanol–water partition coefficient (Wildman–Crippen LogP) is 3.62. The molecule has 3 aliphatic rings. The summed E-state index contributed by atoms with van der Waals surface area (Å²) in [6.45, 7) is 8.04. The molecule has 0 unspecified atom stereocenters. The molecule has 8 heteroatoms. The minimum Gasteiger partial charge on any atom is -0.345 e. The Labute approximate surface area is 227 Å². The van der Waals surface area contributed by atoms with Crippen molar-refractivity contribution in [3.05, 3.63) is 47.0 Å². The molecule has 5 rings (SSSR count). The van der Waals surface area contributed by atoms with Crippen LogP contribution in [0.25, 0.3) is 0 Å². The lowest BCUT2D eigenvalue weighted by Gasteiger charge is -2.57. The Morgan fingerprint density at radius 2 is 1.95 bits per heavy atom. The van der Waals surface area contributed by atoms with Gasteiger partial charge in [-0.25, -0.2) is 0 Å². The molecule has 5 heterocycles. The molecule has 0 saturated carbocycles. The maximum absolute atomic E-state index is 13.7. The summed E-state index contributed by atoms with van der Waals surface area (Å²) >= 11 is 0. The van der Waals surface area contributed by atoms with Crippen LogP contribution in [0.3, 0.4) is 0 Å². The van der Waals surface area contributed by atoms with E-state index in [0.29, 0.717) is 36.4 Å². The molecule has 2 aromatic heterocycles. The van der Waals surface area contributed by atoms with Crippen molar-refractivity contribution < 1.29 is 9.59 Å². The highest BCUT2D eigenvalue weighted by atomic mass is 16.2. The van der Waals surface area contributed by atoms with Gasteiger partial charge in [0.1, 0.15) is 0 Å². The Bertz CT molecular complexity index is 1130. The molecule has 3 saturated heterocycles. The van der Waals surface area contributed by atoms with Gasteiger partial charge < -0.3 is 9.80 Å². The van der Waals surface area contributed by atoms with Crippen molar-refractivity contribution >= 4 is 11.8 Å². The first-order valence-corrected chi connectivity index (χ1v) is 14.5. The average molecular weight is 521 g/mol. The second-order valence-corrected chi connectivity index (χ2v) is 11.7. The molecule has 0 bridgehead atoms. The number of carbonyl (C=O) groups excluding carboxylic acids is 2. The fourth-order valence-corrected chi connectivity index (χ4v) is 7.49. The lowest BCUT2D eigenvalue weighted by molar-refractivity contribution is -0.130. The van der Waals surface area contributed by atoms with Crippen LogP contribution >= 0.6 is 0 Å². The molecule has 0 spiro atoms. The summed E-state index contributed by atoms with van der Waals surface area (Å²) < 4.78 is 1.92. The first-order chi connectivity index (χ1) is 18.3. The van der Waals surface area contributed by atoms with Gasteiger partial charge in [-0.05, 0) is 101 Å². The smallest absolute Gasteiger partial charge is 0.255 e. The first kappa shape index (κ1) is 26.9. The number of piperidine rings is 3. The van der Waals surface area contributed by atoms with E-state index < -0.39 is 0 Å². The van der Waals surface area contributed by atoms with Gasteiger partial charge in [-0.1, -0.05) is 0 Å². The van der Waals surface area contributed by atoms with Crippen LogP contribution in [0.15, 0.2) is 24.5 Å². The number of amides is 2. The van der Waals surface area contributed by atoms with Crippen molar-refractivity contribution in [2.75, 3.05) is 33.2 Å². The van der Waals surface area contributed by atoms with E-state index >= 15 is 0 Å². The molecule has 8 nitrogen and oxygen atoms in total. The predicted molar refractivity (Wildman–Crippen MR) is 148 cm³/mol. The number of likely N-dealkylation sites (N-methyl/N-ethyl adjacent to an activating group) is 1. The van der Waals surface area contributed by atoms with Gasteiger partial charge in [0.25, 0.3) is 5.91 Å². The molecule has 0 aromatic carbocycles. The zero-order valence-corrected chi connectivity index (χ0v) is 23.6. The van der Waals surface area contributed by atoms with Crippen molar-refractivity contribution in [2.24, 2.45) is 18.9 Å². The molecule has 206 valence electrons. The molecule has 2 aromatic rings. The van der Waals surface area contributed by atoms with Gasteiger partial charge in [0.2, 0.25) is 5.91 Å². The highest BCUT2D eigenvalue weighted by Crippen LogP contribution is 2.43. The van der Waals surface area contributed by atoms with E-state index in [9.17, 15) is 9.59 Å². The van der Waals surface area contributed by atoms with Crippen LogP contribution in [0.2, 0.25) is 0 Å². The van der Waals surface area contributed by atoms with E-state index in [2.05, 4.69) is 26.8 Å². The molecule has 0 aliphatic carbocycles. The van der Waals surface area contributed by atoms with Crippen LogP contribution in [-0.2, 0) is 18.3 Å². The summed E-state index contributed by atoms with van der Waals surface area (Å²) in [4.78, 5) is 37.7. The molecule has 4 atom stereocenters. The third kappa shape index (κ3) is 5.37. The maximum Gasteiger partial charge on any atom is 0.255 e. The van der Waals surface area contributed by atoms with Crippen molar-refractivity contribution in [1.82, 2.24) is 29.5 Å². The van der Waals surface area contributed by atoms with E-state index in [1.165, 1.54) is 50.0 Å². The minimum atomic E-state index is 0.106. The van der Waals surface area contributed by atoms with Gasteiger partial charge >= 0.3 is 0 Å². The quantitative estimate of drug-likeness (QED) is 0.532. The lowest BCUT2D eigenvalue weighted by atomic mass is 9.69. The standard InChI is InChI=1S/C30H44N6O2/c1-21-25(22(2)34(4)32-21)14-18-33(3)28(37)13-5-12-27-26-11-8-17-35-16-7-10-24(29(26)35)20-36(27)30(38)23-9-6-15-31-19-23/h6,9,15,19,24,26-27,29H,5,7-8,10-14,16-18,20H2,1-4H3/t24-,26+,27+,29-/m0/s1. The highest BCUT2D eigenvalue weighted by Gasteiger charge is 2.49. The SMILES string of the molecule is Cc1nn(C)c(C)c1CCN(C)C(=O)CCC[C@@H]1[C@H]2CCCN3CCC[C@@H](CN1C(=O)c1cccnc1)[C@@H]23.